The van der Waals surface area contributed by atoms with E-state index in [4.69, 9.17) is 9.26 Å². The Hall–Kier alpha value is -2.08. The van der Waals surface area contributed by atoms with Crippen molar-refractivity contribution in [1.82, 2.24) is 10.1 Å². The average Bonchev–Trinajstić information content (AvgIpc) is 2.91. The molecule has 1 fully saturated rings. The Labute approximate surface area is 116 Å². The molecule has 1 aromatic heterocycles. The number of phenols is 2. The number of para-hydroxylation sites is 1. The van der Waals surface area contributed by atoms with Gasteiger partial charge in [0.1, 0.15) is 0 Å². The van der Waals surface area contributed by atoms with Crippen molar-refractivity contribution in [3.8, 4) is 23.0 Å². The first-order valence-corrected chi connectivity index (χ1v) is 6.69. The van der Waals surface area contributed by atoms with E-state index in [9.17, 15) is 10.2 Å². The molecule has 20 heavy (non-hydrogen) atoms. The van der Waals surface area contributed by atoms with Crippen LogP contribution < -0.4 is 0 Å². The van der Waals surface area contributed by atoms with Crippen LogP contribution >= 0.6 is 0 Å². The zero-order valence-corrected chi connectivity index (χ0v) is 11.0. The lowest BCUT2D eigenvalue weighted by atomic mass is 10.1. The molecule has 0 amide bonds. The monoisotopic (exact) mass is 276 g/mol. The molecule has 2 aromatic rings. The third-order valence-electron chi connectivity index (χ3n) is 3.40. The summed E-state index contributed by atoms with van der Waals surface area (Å²) in [4.78, 5) is 4.25. The van der Waals surface area contributed by atoms with Crippen LogP contribution in [0.15, 0.2) is 22.7 Å². The maximum absolute atomic E-state index is 9.78. The normalized spacial score (nSPS) is 19.1. The molecule has 106 valence electrons. The summed E-state index contributed by atoms with van der Waals surface area (Å²) in [5.41, 5.74) is 0.327. The van der Waals surface area contributed by atoms with E-state index >= 15 is 0 Å². The molecule has 3 rings (SSSR count). The first-order valence-electron chi connectivity index (χ1n) is 6.69. The summed E-state index contributed by atoms with van der Waals surface area (Å²) in [5.74, 6) is 0.285. The van der Waals surface area contributed by atoms with Crippen molar-refractivity contribution in [3.05, 3.63) is 24.0 Å². The predicted molar refractivity (Wildman–Crippen MR) is 70.4 cm³/mol. The van der Waals surface area contributed by atoms with Gasteiger partial charge in [-0.1, -0.05) is 11.2 Å². The highest BCUT2D eigenvalue weighted by Crippen LogP contribution is 2.35. The highest BCUT2D eigenvalue weighted by molar-refractivity contribution is 5.66. The van der Waals surface area contributed by atoms with E-state index in [-0.39, 0.29) is 23.5 Å². The number of phenolic OH excluding ortho intramolecular Hbond substituents is 2. The summed E-state index contributed by atoms with van der Waals surface area (Å²) in [7, 11) is 0. The van der Waals surface area contributed by atoms with Crippen molar-refractivity contribution in [1.29, 1.82) is 0 Å². The van der Waals surface area contributed by atoms with Crippen LogP contribution in [0.5, 0.6) is 11.5 Å². The molecule has 2 N–H and O–H groups in total. The molecule has 1 unspecified atom stereocenters. The number of ether oxygens (including phenoxy) is 1. The number of benzene rings is 1. The van der Waals surface area contributed by atoms with Crippen LogP contribution in [0.25, 0.3) is 11.5 Å². The Morgan fingerprint density at radius 1 is 1.25 bits per heavy atom. The lowest BCUT2D eigenvalue weighted by molar-refractivity contribution is 0.0153. The summed E-state index contributed by atoms with van der Waals surface area (Å²) < 4.78 is 10.8. The van der Waals surface area contributed by atoms with Gasteiger partial charge < -0.3 is 19.5 Å². The molecule has 0 spiro atoms. The second kappa shape index (κ2) is 5.50. The minimum absolute atomic E-state index is 0.131. The molecule has 0 radical (unpaired) electrons. The van der Waals surface area contributed by atoms with Gasteiger partial charge in [-0.25, -0.2) is 0 Å². The minimum Gasteiger partial charge on any atom is -0.504 e. The Morgan fingerprint density at radius 2 is 2.15 bits per heavy atom. The van der Waals surface area contributed by atoms with Gasteiger partial charge in [0.15, 0.2) is 17.3 Å². The van der Waals surface area contributed by atoms with Crippen molar-refractivity contribution in [2.45, 2.75) is 31.8 Å². The fraction of sp³-hybridized carbons (Fsp3) is 0.429. The molecule has 1 aromatic carbocycles. The average molecular weight is 276 g/mol. The van der Waals surface area contributed by atoms with E-state index in [1.165, 1.54) is 6.07 Å². The summed E-state index contributed by atoms with van der Waals surface area (Å²) in [6.45, 7) is 0.780. The highest BCUT2D eigenvalue weighted by Gasteiger charge is 2.19. The van der Waals surface area contributed by atoms with Gasteiger partial charge in [-0.3, -0.25) is 0 Å². The number of hydrogen-bond donors (Lipinski definition) is 2. The molecule has 0 aliphatic carbocycles. The smallest absolute Gasteiger partial charge is 0.261 e. The van der Waals surface area contributed by atoms with E-state index in [1.807, 2.05) is 0 Å². The van der Waals surface area contributed by atoms with Crippen LogP contribution in [-0.4, -0.2) is 33.1 Å². The van der Waals surface area contributed by atoms with Crippen molar-refractivity contribution in [2.75, 3.05) is 6.61 Å². The van der Waals surface area contributed by atoms with Crippen LogP contribution in [0.4, 0.5) is 0 Å². The van der Waals surface area contributed by atoms with Crippen LogP contribution in [-0.2, 0) is 11.2 Å². The third-order valence-corrected chi connectivity index (χ3v) is 3.40. The molecule has 6 nitrogen and oxygen atoms in total. The molecule has 1 aliphatic rings. The van der Waals surface area contributed by atoms with Crippen LogP contribution in [0, 0.1) is 0 Å². The molecule has 1 aliphatic heterocycles. The number of aromatic hydroxyl groups is 2. The zero-order valence-electron chi connectivity index (χ0n) is 11.0. The standard InChI is InChI=1S/C14H16N2O4/c17-11-6-3-5-10(13(11)18)14-15-12(16-20-14)8-9-4-1-2-7-19-9/h3,5-6,9,17-18H,1-2,4,7-8H2. The van der Waals surface area contributed by atoms with Gasteiger partial charge in [-0.05, 0) is 31.4 Å². The second-order valence-electron chi connectivity index (χ2n) is 4.88. The van der Waals surface area contributed by atoms with Crippen molar-refractivity contribution in [2.24, 2.45) is 0 Å². The number of rotatable bonds is 3. The van der Waals surface area contributed by atoms with E-state index in [0.29, 0.717) is 17.8 Å². The van der Waals surface area contributed by atoms with Crippen molar-refractivity contribution in [3.63, 3.8) is 0 Å². The topological polar surface area (TPSA) is 88.6 Å². The second-order valence-corrected chi connectivity index (χ2v) is 4.88. The van der Waals surface area contributed by atoms with E-state index < -0.39 is 0 Å². The van der Waals surface area contributed by atoms with Gasteiger partial charge in [-0.2, -0.15) is 4.98 Å². The number of hydrogen-bond acceptors (Lipinski definition) is 6. The lowest BCUT2D eigenvalue weighted by Gasteiger charge is -2.20. The van der Waals surface area contributed by atoms with Crippen molar-refractivity contribution < 1.29 is 19.5 Å². The van der Waals surface area contributed by atoms with Crippen molar-refractivity contribution >= 4 is 0 Å². The highest BCUT2D eigenvalue weighted by atomic mass is 16.5. The fourth-order valence-corrected chi connectivity index (χ4v) is 2.32. The summed E-state index contributed by atoms with van der Waals surface area (Å²) >= 11 is 0. The molecule has 1 saturated heterocycles. The van der Waals surface area contributed by atoms with Crippen LogP contribution in [0.1, 0.15) is 25.1 Å². The summed E-state index contributed by atoms with van der Waals surface area (Å²) in [6, 6.07) is 4.62. The van der Waals surface area contributed by atoms with Gasteiger partial charge in [0.25, 0.3) is 5.89 Å². The molecular weight excluding hydrogens is 260 g/mol. The Balaban J connectivity index is 1.77. The van der Waals surface area contributed by atoms with Gasteiger partial charge in [0.05, 0.1) is 11.7 Å². The Morgan fingerprint density at radius 3 is 2.95 bits per heavy atom. The van der Waals surface area contributed by atoms with E-state index in [2.05, 4.69) is 10.1 Å². The molecule has 1 atom stereocenters. The third kappa shape index (κ3) is 2.60. The molecule has 0 saturated carbocycles. The molecular formula is C14H16N2O4. The fourth-order valence-electron chi connectivity index (χ4n) is 2.32. The van der Waals surface area contributed by atoms with E-state index in [0.717, 1.165) is 25.9 Å². The maximum atomic E-state index is 9.78. The summed E-state index contributed by atoms with van der Waals surface area (Å²) in [5, 5.41) is 23.1. The maximum Gasteiger partial charge on any atom is 0.261 e. The van der Waals surface area contributed by atoms with Crippen LogP contribution in [0.3, 0.4) is 0 Å². The van der Waals surface area contributed by atoms with Gasteiger partial charge in [0, 0.05) is 13.0 Å². The lowest BCUT2D eigenvalue weighted by Crippen LogP contribution is -2.21. The largest absolute Gasteiger partial charge is 0.504 e. The van der Waals surface area contributed by atoms with Gasteiger partial charge in [0.2, 0.25) is 0 Å². The minimum atomic E-state index is -0.253. The first-order chi connectivity index (χ1) is 9.74. The van der Waals surface area contributed by atoms with E-state index in [1.54, 1.807) is 12.1 Å². The number of nitrogens with zero attached hydrogens (tertiary/aromatic N) is 2. The zero-order chi connectivity index (χ0) is 13.9. The van der Waals surface area contributed by atoms with Gasteiger partial charge in [-0.15, -0.1) is 0 Å². The Kier molecular flexibility index (Phi) is 3.56. The Bertz CT molecular complexity index is 591. The first kappa shape index (κ1) is 12.9. The van der Waals surface area contributed by atoms with Gasteiger partial charge >= 0.3 is 0 Å². The van der Waals surface area contributed by atoms with Crippen LogP contribution in [0.2, 0.25) is 0 Å². The quantitative estimate of drug-likeness (QED) is 0.836. The summed E-state index contributed by atoms with van der Waals surface area (Å²) in [6.07, 6.45) is 3.99. The predicted octanol–water partition coefficient (Wildman–Crippen LogP) is 2.26. The molecule has 2 heterocycles. The molecule has 0 bridgehead atoms. The SMILES string of the molecule is Oc1cccc(-c2nc(CC3CCCCO3)no2)c1O. The number of aromatic nitrogens is 2. The molecule has 6 heteroatoms.